The summed E-state index contributed by atoms with van der Waals surface area (Å²) in [6, 6.07) is 19.3. The second kappa shape index (κ2) is 8.90. The second-order valence-electron chi connectivity index (χ2n) is 7.28. The molecular weight excluding hydrogens is 483 g/mol. The molecule has 4 rings (SSSR count). The minimum atomic E-state index is -3.93. The number of sulfonamides is 1. The third kappa shape index (κ3) is 4.71. The number of benzene rings is 3. The van der Waals surface area contributed by atoms with Gasteiger partial charge in [-0.1, -0.05) is 46.3 Å². The Bertz CT molecular complexity index is 1200. The fourth-order valence-corrected chi connectivity index (χ4v) is 5.43. The summed E-state index contributed by atoms with van der Waals surface area (Å²) in [6.45, 7) is 0.148. The molecule has 0 spiro atoms. The molecule has 0 atom stereocenters. The molecule has 0 aromatic heterocycles. The molecule has 0 unspecified atom stereocenters. The number of carbonyl (C=O) groups is 1. The largest absolute Gasteiger partial charge is 0.311 e. The van der Waals surface area contributed by atoms with Crippen molar-refractivity contribution in [2.45, 2.75) is 17.9 Å². The van der Waals surface area contributed by atoms with E-state index in [0.29, 0.717) is 18.5 Å². The van der Waals surface area contributed by atoms with Crippen molar-refractivity contribution in [3.05, 3.63) is 94.2 Å². The average molecular weight is 503 g/mol. The van der Waals surface area contributed by atoms with Gasteiger partial charge in [0.25, 0.3) is 0 Å². The zero-order valence-corrected chi connectivity index (χ0v) is 18.9. The monoisotopic (exact) mass is 502 g/mol. The van der Waals surface area contributed by atoms with Crippen LogP contribution < -0.4 is 4.90 Å². The van der Waals surface area contributed by atoms with Crippen LogP contribution in [0.25, 0.3) is 0 Å². The molecule has 3 aromatic carbocycles. The van der Waals surface area contributed by atoms with Crippen LogP contribution in [0.3, 0.4) is 0 Å². The molecule has 0 aliphatic carbocycles. The topological polar surface area (TPSA) is 57.7 Å². The van der Waals surface area contributed by atoms with Crippen molar-refractivity contribution >= 4 is 37.5 Å². The summed E-state index contributed by atoms with van der Waals surface area (Å²) in [5.41, 5.74) is 2.44. The van der Waals surface area contributed by atoms with E-state index in [1.807, 2.05) is 18.2 Å². The summed E-state index contributed by atoms with van der Waals surface area (Å²) >= 11 is 3.44. The molecule has 1 aliphatic heterocycles. The standard InChI is InChI=1S/C23H20BrFN2O3S/c24-19-8-11-22-18(14-19)12-13-27(22)23(28)16-26(15-17-6-9-20(25)10-7-17)31(29,30)21-4-2-1-3-5-21/h1-11,14H,12-13,15-16H2. The zero-order valence-electron chi connectivity index (χ0n) is 16.5. The summed E-state index contributed by atoms with van der Waals surface area (Å²) in [5.74, 6) is -0.709. The predicted octanol–water partition coefficient (Wildman–Crippen LogP) is 4.37. The van der Waals surface area contributed by atoms with Crippen LogP contribution in [0, 0.1) is 5.82 Å². The predicted molar refractivity (Wildman–Crippen MR) is 121 cm³/mol. The molecule has 0 radical (unpaired) electrons. The quantitative estimate of drug-likeness (QED) is 0.502. The van der Waals surface area contributed by atoms with Crippen LogP contribution in [0.15, 0.2) is 82.2 Å². The van der Waals surface area contributed by atoms with Gasteiger partial charge in [0.2, 0.25) is 15.9 Å². The highest BCUT2D eigenvalue weighted by Crippen LogP contribution is 2.31. The van der Waals surface area contributed by atoms with Crippen molar-refractivity contribution in [3.63, 3.8) is 0 Å². The SMILES string of the molecule is O=C(CN(Cc1ccc(F)cc1)S(=O)(=O)c1ccccc1)N1CCc2cc(Br)ccc21. The van der Waals surface area contributed by atoms with E-state index in [1.54, 1.807) is 23.1 Å². The Kier molecular flexibility index (Phi) is 6.22. The maximum absolute atomic E-state index is 13.3. The molecule has 0 N–H and O–H groups in total. The molecule has 0 fully saturated rings. The van der Waals surface area contributed by atoms with E-state index >= 15 is 0 Å². The number of hydrogen-bond acceptors (Lipinski definition) is 3. The Morgan fingerprint density at radius 3 is 2.45 bits per heavy atom. The molecule has 1 amide bonds. The lowest BCUT2D eigenvalue weighted by molar-refractivity contribution is -0.118. The maximum atomic E-state index is 13.3. The third-order valence-electron chi connectivity index (χ3n) is 5.20. The van der Waals surface area contributed by atoms with Crippen LogP contribution in [0.5, 0.6) is 0 Å². The zero-order chi connectivity index (χ0) is 22.0. The van der Waals surface area contributed by atoms with Crippen molar-refractivity contribution in [2.24, 2.45) is 0 Å². The molecule has 8 heteroatoms. The van der Waals surface area contributed by atoms with Crippen molar-refractivity contribution in [1.82, 2.24) is 4.31 Å². The summed E-state index contributed by atoms with van der Waals surface area (Å²) < 4.78 is 42.0. The van der Waals surface area contributed by atoms with Gasteiger partial charge in [0, 0.05) is 23.2 Å². The molecule has 5 nitrogen and oxygen atoms in total. The lowest BCUT2D eigenvalue weighted by Gasteiger charge is -2.25. The Balaban J connectivity index is 1.63. The summed E-state index contributed by atoms with van der Waals surface area (Å²) in [6.07, 6.45) is 0.712. The van der Waals surface area contributed by atoms with E-state index in [0.717, 1.165) is 20.0 Å². The smallest absolute Gasteiger partial charge is 0.243 e. The van der Waals surface area contributed by atoms with E-state index in [1.165, 1.54) is 36.4 Å². The van der Waals surface area contributed by atoms with Gasteiger partial charge in [0.05, 0.1) is 11.4 Å². The van der Waals surface area contributed by atoms with E-state index in [-0.39, 0.29) is 23.9 Å². The summed E-state index contributed by atoms with van der Waals surface area (Å²) in [5, 5.41) is 0. The van der Waals surface area contributed by atoms with E-state index in [9.17, 15) is 17.6 Å². The number of halogens is 2. The molecule has 3 aromatic rings. The van der Waals surface area contributed by atoms with Crippen molar-refractivity contribution in [1.29, 1.82) is 0 Å². The van der Waals surface area contributed by atoms with Crippen molar-refractivity contribution in [2.75, 3.05) is 18.0 Å². The Morgan fingerprint density at radius 1 is 1.03 bits per heavy atom. The number of carbonyl (C=O) groups excluding carboxylic acids is 1. The van der Waals surface area contributed by atoms with Crippen LogP contribution in [-0.2, 0) is 27.8 Å². The van der Waals surface area contributed by atoms with Gasteiger partial charge in [-0.15, -0.1) is 0 Å². The molecule has 0 saturated carbocycles. The first kappa shape index (κ1) is 21.7. The van der Waals surface area contributed by atoms with Gasteiger partial charge in [-0.2, -0.15) is 4.31 Å². The van der Waals surface area contributed by atoms with Crippen LogP contribution >= 0.6 is 15.9 Å². The second-order valence-corrected chi connectivity index (χ2v) is 10.1. The number of anilines is 1. The number of amides is 1. The lowest BCUT2D eigenvalue weighted by atomic mass is 10.2. The average Bonchev–Trinajstić information content (AvgIpc) is 3.18. The van der Waals surface area contributed by atoms with Crippen LogP contribution in [0.2, 0.25) is 0 Å². The van der Waals surface area contributed by atoms with Crippen LogP contribution in [0.1, 0.15) is 11.1 Å². The molecule has 0 bridgehead atoms. The number of fused-ring (bicyclic) bond motifs is 1. The van der Waals surface area contributed by atoms with Gasteiger partial charge in [0.1, 0.15) is 5.82 Å². The van der Waals surface area contributed by atoms with E-state index in [2.05, 4.69) is 15.9 Å². The Morgan fingerprint density at radius 2 is 1.74 bits per heavy atom. The Labute approximate surface area is 189 Å². The first-order chi connectivity index (χ1) is 14.8. The lowest BCUT2D eigenvalue weighted by Crippen LogP contribution is -2.42. The van der Waals surface area contributed by atoms with E-state index in [4.69, 9.17) is 0 Å². The molecule has 1 heterocycles. The fraction of sp³-hybridized carbons (Fsp3) is 0.174. The first-order valence-corrected chi connectivity index (χ1v) is 12.0. The van der Waals surface area contributed by atoms with Gasteiger partial charge >= 0.3 is 0 Å². The molecule has 0 saturated heterocycles. The minimum Gasteiger partial charge on any atom is -0.311 e. The van der Waals surface area contributed by atoms with Crippen LogP contribution in [0.4, 0.5) is 10.1 Å². The Hall–Kier alpha value is -2.55. The van der Waals surface area contributed by atoms with Gasteiger partial charge in [-0.25, -0.2) is 12.8 Å². The first-order valence-electron chi connectivity index (χ1n) is 9.73. The third-order valence-corrected chi connectivity index (χ3v) is 7.50. The van der Waals surface area contributed by atoms with Gasteiger partial charge in [0.15, 0.2) is 0 Å². The number of nitrogens with zero attached hydrogens (tertiary/aromatic N) is 2. The highest BCUT2D eigenvalue weighted by atomic mass is 79.9. The number of hydrogen-bond donors (Lipinski definition) is 0. The normalized spacial score (nSPS) is 13.5. The van der Waals surface area contributed by atoms with E-state index < -0.39 is 15.8 Å². The van der Waals surface area contributed by atoms with Crippen molar-refractivity contribution < 1.29 is 17.6 Å². The molecule has 1 aliphatic rings. The summed E-state index contributed by atoms with van der Waals surface area (Å²) in [4.78, 5) is 14.9. The van der Waals surface area contributed by atoms with Crippen molar-refractivity contribution in [3.8, 4) is 0 Å². The fourth-order valence-electron chi connectivity index (χ4n) is 3.63. The van der Waals surface area contributed by atoms with Gasteiger partial charge in [-0.3, -0.25) is 4.79 Å². The van der Waals surface area contributed by atoms with Crippen LogP contribution in [-0.4, -0.2) is 31.7 Å². The summed E-state index contributed by atoms with van der Waals surface area (Å²) in [7, 11) is -3.93. The molecule has 31 heavy (non-hydrogen) atoms. The highest BCUT2D eigenvalue weighted by Gasteiger charge is 2.31. The van der Waals surface area contributed by atoms with Gasteiger partial charge < -0.3 is 4.90 Å². The van der Waals surface area contributed by atoms with Gasteiger partial charge in [-0.05, 0) is 60.0 Å². The maximum Gasteiger partial charge on any atom is 0.243 e. The minimum absolute atomic E-state index is 0.0374. The highest BCUT2D eigenvalue weighted by molar-refractivity contribution is 9.10. The molecule has 160 valence electrons. The molecular formula is C23H20BrFN2O3S. The number of rotatable bonds is 6.